The molecule has 29 heavy (non-hydrogen) atoms. The smallest absolute Gasteiger partial charge is 0.163 e. The Bertz CT molecular complexity index is 733. The van der Waals surface area contributed by atoms with Crippen molar-refractivity contribution >= 4 is 5.78 Å². The molecule has 3 rings (SSSR count). The van der Waals surface area contributed by atoms with E-state index >= 15 is 0 Å². The van der Waals surface area contributed by atoms with Crippen LogP contribution in [0, 0.1) is 11.8 Å². The second-order valence-electron chi connectivity index (χ2n) is 9.03. The van der Waals surface area contributed by atoms with Gasteiger partial charge in [-0.2, -0.15) is 0 Å². The Morgan fingerprint density at radius 2 is 1.34 bits per heavy atom. The van der Waals surface area contributed by atoms with Gasteiger partial charge >= 0.3 is 0 Å². The van der Waals surface area contributed by atoms with Crippen LogP contribution in [-0.4, -0.2) is 5.78 Å². The van der Waals surface area contributed by atoms with Gasteiger partial charge in [0.2, 0.25) is 0 Å². The van der Waals surface area contributed by atoms with Gasteiger partial charge in [0, 0.05) is 12.0 Å². The van der Waals surface area contributed by atoms with Crippen molar-refractivity contribution in [2.75, 3.05) is 0 Å². The zero-order valence-corrected chi connectivity index (χ0v) is 18.5. The maximum absolute atomic E-state index is 12.7. The Hall–Kier alpha value is -1.89. The molecule has 0 spiro atoms. The largest absolute Gasteiger partial charge is 0.294 e. The first-order valence-electron chi connectivity index (χ1n) is 11.9. The van der Waals surface area contributed by atoms with Crippen LogP contribution in [0.3, 0.4) is 0 Å². The molecule has 2 aromatic carbocycles. The maximum Gasteiger partial charge on any atom is 0.163 e. The van der Waals surface area contributed by atoms with E-state index in [2.05, 4.69) is 50.2 Å². The summed E-state index contributed by atoms with van der Waals surface area (Å²) in [7, 11) is 0. The van der Waals surface area contributed by atoms with Crippen LogP contribution in [-0.2, 0) is 6.42 Å². The van der Waals surface area contributed by atoms with Crippen molar-refractivity contribution in [3.63, 3.8) is 0 Å². The molecule has 1 heteroatoms. The van der Waals surface area contributed by atoms with Crippen molar-refractivity contribution in [2.24, 2.45) is 11.8 Å². The lowest BCUT2D eigenvalue weighted by molar-refractivity contribution is 0.0942. The Kier molecular flexibility index (Phi) is 8.52. The van der Waals surface area contributed by atoms with Gasteiger partial charge in [-0.25, -0.2) is 0 Å². The standard InChI is InChI=1S/C28H38O/c1-3-5-6-8-23-13-15-25(16-14-23)26-17-19-27(20-18-26)28(29)21-24-11-9-22(7-4-2)10-12-24/h13-20,22,24H,3-12,21H2,1-2H3. The predicted octanol–water partition coefficient (Wildman–Crippen LogP) is 8.27. The van der Waals surface area contributed by atoms with E-state index in [-0.39, 0.29) is 0 Å². The second-order valence-corrected chi connectivity index (χ2v) is 9.03. The van der Waals surface area contributed by atoms with Gasteiger partial charge in [0.1, 0.15) is 0 Å². The van der Waals surface area contributed by atoms with E-state index in [9.17, 15) is 4.79 Å². The highest BCUT2D eigenvalue weighted by Crippen LogP contribution is 2.34. The first-order chi connectivity index (χ1) is 14.2. The van der Waals surface area contributed by atoms with Gasteiger partial charge in [-0.05, 0) is 54.2 Å². The zero-order chi connectivity index (χ0) is 20.5. The number of aryl methyl sites for hydroxylation is 1. The van der Waals surface area contributed by atoms with Gasteiger partial charge in [-0.1, -0.05) is 101 Å². The molecule has 1 aliphatic carbocycles. The van der Waals surface area contributed by atoms with Gasteiger partial charge in [-0.3, -0.25) is 4.79 Å². The summed E-state index contributed by atoms with van der Waals surface area (Å²) in [6.07, 6.45) is 13.5. The highest BCUT2D eigenvalue weighted by Gasteiger charge is 2.23. The zero-order valence-electron chi connectivity index (χ0n) is 18.5. The van der Waals surface area contributed by atoms with Crippen molar-refractivity contribution in [3.8, 4) is 11.1 Å². The average molecular weight is 391 g/mol. The summed E-state index contributed by atoms with van der Waals surface area (Å²) in [5.74, 6) is 1.82. The molecule has 0 unspecified atom stereocenters. The SMILES string of the molecule is CCCCCc1ccc(-c2ccc(C(=O)CC3CCC(CCC)CC3)cc2)cc1. The number of benzene rings is 2. The molecule has 0 atom stereocenters. The number of carbonyl (C=O) groups is 1. The van der Waals surface area contributed by atoms with Crippen molar-refractivity contribution in [2.45, 2.75) is 84.5 Å². The molecular formula is C28H38O. The molecule has 1 saturated carbocycles. The third-order valence-electron chi connectivity index (χ3n) is 6.70. The van der Waals surface area contributed by atoms with E-state index in [0.717, 1.165) is 17.9 Å². The summed E-state index contributed by atoms with van der Waals surface area (Å²) < 4.78 is 0. The third-order valence-corrected chi connectivity index (χ3v) is 6.70. The third kappa shape index (κ3) is 6.56. The first kappa shape index (κ1) is 21.8. The van der Waals surface area contributed by atoms with Crippen LogP contribution in [0.25, 0.3) is 11.1 Å². The molecule has 1 fully saturated rings. The number of ketones is 1. The van der Waals surface area contributed by atoms with Crippen LogP contribution in [0.15, 0.2) is 48.5 Å². The van der Waals surface area contributed by atoms with Crippen molar-refractivity contribution < 1.29 is 4.79 Å². The molecule has 2 aromatic rings. The second kappa shape index (κ2) is 11.3. The number of rotatable bonds is 10. The van der Waals surface area contributed by atoms with E-state index in [1.165, 1.54) is 80.9 Å². The molecule has 0 bridgehead atoms. The predicted molar refractivity (Wildman–Crippen MR) is 124 cm³/mol. The lowest BCUT2D eigenvalue weighted by atomic mass is 9.78. The number of hydrogen-bond acceptors (Lipinski definition) is 1. The maximum atomic E-state index is 12.7. The monoisotopic (exact) mass is 390 g/mol. The number of hydrogen-bond donors (Lipinski definition) is 0. The molecule has 0 amide bonds. The minimum absolute atomic E-state index is 0.321. The summed E-state index contributed by atoms with van der Waals surface area (Å²) in [6.45, 7) is 4.52. The molecule has 0 saturated heterocycles. The quantitative estimate of drug-likeness (QED) is 0.295. The molecular weight excluding hydrogens is 352 g/mol. The highest BCUT2D eigenvalue weighted by molar-refractivity contribution is 5.96. The molecule has 0 heterocycles. The topological polar surface area (TPSA) is 17.1 Å². The molecule has 0 N–H and O–H groups in total. The molecule has 156 valence electrons. The summed E-state index contributed by atoms with van der Waals surface area (Å²) in [5, 5.41) is 0. The van der Waals surface area contributed by atoms with E-state index in [1.54, 1.807) is 0 Å². The number of carbonyl (C=O) groups excluding carboxylic acids is 1. The molecule has 1 aliphatic rings. The average Bonchev–Trinajstić information content (AvgIpc) is 2.76. The molecule has 1 nitrogen and oxygen atoms in total. The summed E-state index contributed by atoms with van der Waals surface area (Å²) >= 11 is 0. The van der Waals surface area contributed by atoms with E-state index in [0.29, 0.717) is 11.7 Å². The van der Waals surface area contributed by atoms with Crippen LogP contribution in [0.1, 0.15) is 94.0 Å². The lowest BCUT2D eigenvalue weighted by Gasteiger charge is -2.27. The van der Waals surface area contributed by atoms with Crippen LogP contribution < -0.4 is 0 Å². The van der Waals surface area contributed by atoms with Crippen molar-refractivity contribution in [3.05, 3.63) is 59.7 Å². The van der Waals surface area contributed by atoms with Gasteiger partial charge in [0.25, 0.3) is 0 Å². The van der Waals surface area contributed by atoms with Crippen LogP contribution >= 0.6 is 0 Å². The van der Waals surface area contributed by atoms with Gasteiger partial charge < -0.3 is 0 Å². The van der Waals surface area contributed by atoms with E-state index in [4.69, 9.17) is 0 Å². The van der Waals surface area contributed by atoms with Crippen molar-refractivity contribution in [1.29, 1.82) is 0 Å². The van der Waals surface area contributed by atoms with Gasteiger partial charge in [0.15, 0.2) is 5.78 Å². The van der Waals surface area contributed by atoms with Gasteiger partial charge in [-0.15, -0.1) is 0 Å². The summed E-state index contributed by atoms with van der Waals surface area (Å²) in [5.41, 5.74) is 4.72. The molecule has 0 aliphatic heterocycles. The number of Topliss-reactive ketones (excluding diaryl/α,β-unsaturated/α-hetero) is 1. The molecule has 0 aromatic heterocycles. The molecule has 0 radical (unpaired) electrons. The van der Waals surface area contributed by atoms with E-state index < -0.39 is 0 Å². The fraction of sp³-hybridized carbons (Fsp3) is 0.536. The first-order valence-corrected chi connectivity index (χ1v) is 11.9. The fourth-order valence-electron chi connectivity index (χ4n) is 4.80. The number of unbranched alkanes of at least 4 members (excludes halogenated alkanes) is 2. The Labute approximate surface area is 177 Å². The normalized spacial score (nSPS) is 19.2. The Balaban J connectivity index is 1.52. The van der Waals surface area contributed by atoms with E-state index in [1.807, 2.05) is 12.1 Å². The Morgan fingerprint density at radius 3 is 1.93 bits per heavy atom. The van der Waals surface area contributed by atoms with Crippen molar-refractivity contribution in [1.82, 2.24) is 0 Å². The van der Waals surface area contributed by atoms with Gasteiger partial charge in [0.05, 0.1) is 0 Å². The minimum Gasteiger partial charge on any atom is -0.294 e. The van der Waals surface area contributed by atoms with Crippen LogP contribution in [0.2, 0.25) is 0 Å². The van der Waals surface area contributed by atoms with Crippen LogP contribution in [0.4, 0.5) is 0 Å². The Morgan fingerprint density at radius 1 is 0.759 bits per heavy atom. The lowest BCUT2D eigenvalue weighted by Crippen LogP contribution is -2.17. The minimum atomic E-state index is 0.321. The van der Waals surface area contributed by atoms with Crippen LogP contribution in [0.5, 0.6) is 0 Å². The fourth-order valence-corrected chi connectivity index (χ4v) is 4.80. The highest BCUT2D eigenvalue weighted by atomic mass is 16.1. The summed E-state index contributed by atoms with van der Waals surface area (Å²) in [4.78, 5) is 12.7. The summed E-state index contributed by atoms with van der Waals surface area (Å²) in [6, 6.07) is 17.2.